The van der Waals surface area contributed by atoms with Crippen LogP contribution in [0.1, 0.15) is 412 Å². The van der Waals surface area contributed by atoms with Gasteiger partial charge >= 0.3 is 17.9 Å². The molecule has 0 aromatic carbocycles. The Morgan fingerprint density at radius 2 is 0.439 bits per heavy atom. The van der Waals surface area contributed by atoms with Crippen LogP contribution in [0.25, 0.3) is 0 Å². The number of rotatable bonds is 69. The topological polar surface area (TPSA) is 78.9 Å². The van der Waals surface area contributed by atoms with Crippen molar-refractivity contribution in [3.05, 3.63) is 36.5 Å². The third-order valence-corrected chi connectivity index (χ3v) is 16.9. The van der Waals surface area contributed by atoms with Crippen LogP contribution in [0, 0.1) is 0 Å². The van der Waals surface area contributed by atoms with E-state index in [1.165, 1.54) is 295 Å². The van der Waals surface area contributed by atoms with Gasteiger partial charge in [0, 0.05) is 19.3 Å². The van der Waals surface area contributed by atoms with Crippen molar-refractivity contribution in [1.82, 2.24) is 0 Å². The molecule has 0 saturated heterocycles. The molecule has 0 bridgehead atoms. The zero-order valence-corrected chi connectivity index (χ0v) is 55.5. The average Bonchev–Trinajstić information content (AvgIpc) is 3.47. The Balaban J connectivity index is 4.33. The lowest BCUT2D eigenvalue weighted by Crippen LogP contribution is -2.30. The van der Waals surface area contributed by atoms with E-state index in [2.05, 4.69) is 57.2 Å². The van der Waals surface area contributed by atoms with Crippen LogP contribution in [0.2, 0.25) is 0 Å². The van der Waals surface area contributed by atoms with Gasteiger partial charge in [-0.1, -0.05) is 372 Å². The Morgan fingerprint density at radius 1 is 0.244 bits per heavy atom. The zero-order chi connectivity index (χ0) is 59.2. The van der Waals surface area contributed by atoms with Gasteiger partial charge in [-0.3, -0.25) is 14.4 Å². The smallest absolute Gasteiger partial charge is 0.306 e. The lowest BCUT2D eigenvalue weighted by molar-refractivity contribution is -0.167. The van der Waals surface area contributed by atoms with Crippen molar-refractivity contribution in [2.24, 2.45) is 0 Å². The van der Waals surface area contributed by atoms with E-state index < -0.39 is 6.10 Å². The molecule has 0 amide bonds. The monoisotopic (exact) mass is 1150 g/mol. The first-order chi connectivity index (χ1) is 40.5. The van der Waals surface area contributed by atoms with E-state index in [0.717, 1.165) is 77.0 Å². The molecule has 0 aliphatic heterocycles. The van der Waals surface area contributed by atoms with Crippen LogP contribution in [0.15, 0.2) is 36.5 Å². The van der Waals surface area contributed by atoms with E-state index in [0.29, 0.717) is 19.3 Å². The van der Waals surface area contributed by atoms with Gasteiger partial charge in [-0.15, -0.1) is 0 Å². The maximum absolute atomic E-state index is 13.0. The van der Waals surface area contributed by atoms with Gasteiger partial charge in [0.1, 0.15) is 13.2 Å². The van der Waals surface area contributed by atoms with Crippen LogP contribution in [-0.2, 0) is 28.6 Å². The molecule has 0 radical (unpaired) electrons. The molecular formula is C76H142O6. The molecule has 482 valence electrons. The van der Waals surface area contributed by atoms with Crippen molar-refractivity contribution in [2.75, 3.05) is 13.2 Å². The van der Waals surface area contributed by atoms with Crippen molar-refractivity contribution in [2.45, 2.75) is 419 Å². The van der Waals surface area contributed by atoms with Crippen molar-refractivity contribution < 1.29 is 28.6 Å². The van der Waals surface area contributed by atoms with Gasteiger partial charge in [0.2, 0.25) is 0 Å². The standard InChI is InChI=1S/C76H142O6/c1-4-7-10-13-16-19-22-25-28-31-34-37-40-42-45-48-51-54-57-60-63-66-69-75(78)81-72-73(82-76(79)70-67-64-61-58-55-52-49-46-43-39-36-33-30-27-24-21-18-15-12-9-6-3)71-80-74(77)68-65-62-59-56-53-50-47-44-41-38-35-32-29-26-23-20-17-14-11-8-5-2/h24,27,33,36,43,46,73H,4-23,25-26,28-32,34-35,37-42,44-45,47-72H2,1-3H3/b27-24-,36-33-,46-43-. The molecule has 1 atom stereocenters. The molecule has 6 nitrogen and oxygen atoms in total. The molecule has 0 aliphatic carbocycles. The van der Waals surface area contributed by atoms with Crippen LogP contribution in [0.3, 0.4) is 0 Å². The number of carbonyl (C=O) groups is 3. The number of hydrogen-bond acceptors (Lipinski definition) is 6. The lowest BCUT2D eigenvalue weighted by Gasteiger charge is -2.18. The van der Waals surface area contributed by atoms with Crippen molar-refractivity contribution in [1.29, 1.82) is 0 Å². The highest BCUT2D eigenvalue weighted by Crippen LogP contribution is 2.19. The number of allylic oxidation sites excluding steroid dienone is 6. The first-order valence-corrected chi connectivity index (χ1v) is 37.0. The summed E-state index contributed by atoms with van der Waals surface area (Å²) in [4.78, 5) is 38.5. The first kappa shape index (κ1) is 79.6. The fourth-order valence-electron chi connectivity index (χ4n) is 11.3. The highest BCUT2D eigenvalue weighted by atomic mass is 16.6. The predicted molar refractivity (Wildman–Crippen MR) is 358 cm³/mol. The summed E-state index contributed by atoms with van der Waals surface area (Å²) in [6.45, 7) is 6.71. The van der Waals surface area contributed by atoms with Crippen LogP contribution in [0.5, 0.6) is 0 Å². The molecule has 0 rings (SSSR count). The summed E-state index contributed by atoms with van der Waals surface area (Å²) in [6, 6.07) is 0. The number of ether oxygens (including phenoxy) is 3. The third-order valence-electron chi connectivity index (χ3n) is 16.9. The van der Waals surface area contributed by atoms with Gasteiger partial charge < -0.3 is 14.2 Å². The van der Waals surface area contributed by atoms with Crippen molar-refractivity contribution in [3.63, 3.8) is 0 Å². The normalized spacial score (nSPS) is 12.2. The number of hydrogen-bond donors (Lipinski definition) is 0. The van der Waals surface area contributed by atoms with Crippen LogP contribution in [0.4, 0.5) is 0 Å². The second kappa shape index (κ2) is 71.1. The lowest BCUT2D eigenvalue weighted by atomic mass is 10.0. The minimum Gasteiger partial charge on any atom is -0.462 e. The Hall–Kier alpha value is -2.37. The van der Waals surface area contributed by atoms with Crippen LogP contribution >= 0.6 is 0 Å². The molecule has 1 unspecified atom stereocenters. The Kier molecular flexibility index (Phi) is 69.1. The van der Waals surface area contributed by atoms with E-state index in [-0.39, 0.29) is 31.1 Å². The third kappa shape index (κ3) is 68.4. The molecule has 0 fully saturated rings. The summed E-state index contributed by atoms with van der Waals surface area (Å²) in [5.41, 5.74) is 0. The summed E-state index contributed by atoms with van der Waals surface area (Å²) in [7, 11) is 0. The summed E-state index contributed by atoms with van der Waals surface area (Å²) in [5.74, 6) is -0.849. The number of carbonyl (C=O) groups excluding carboxylic acids is 3. The largest absolute Gasteiger partial charge is 0.462 e. The molecule has 0 aromatic rings. The van der Waals surface area contributed by atoms with Crippen LogP contribution in [-0.4, -0.2) is 37.2 Å². The highest BCUT2D eigenvalue weighted by Gasteiger charge is 2.19. The van der Waals surface area contributed by atoms with Crippen LogP contribution < -0.4 is 0 Å². The maximum atomic E-state index is 13.0. The van der Waals surface area contributed by atoms with Gasteiger partial charge in [0.15, 0.2) is 6.10 Å². The molecule has 0 heterocycles. The number of unbranched alkanes of at least 4 members (excludes halogenated alkanes) is 52. The molecular weight excluding hydrogens is 1010 g/mol. The summed E-state index contributed by atoms with van der Waals surface area (Å²) >= 11 is 0. The molecule has 0 N–H and O–H groups in total. The van der Waals surface area contributed by atoms with E-state index >= 15 is 0 Å². The maximum Gasteiger partial charge on any atom is 0.306 e. The highest BCUT2D eigenvalue weighted by molar-refractivity contribution is 5.71. The SMILES string of the molecule is CCCCCCC/C=C\C/C=C\C/C=C\CCCCCCCCC(=O)OC(COC(=O)CCCCCCCCCCCCCCCCCCCCCCC)COC(=O)CCCCCCCCCCCCCCCCCCCCCCCC. The molecule has 82 heavy (non-hydrogen) atoms. The fourth-order valence-corrected chi connectivity index (χ4v) is 11.3. The Morgan fingerprint density at radius 3 is 0.683 bits per heavy atom. The van der Waals surface area contributed by atoms with E-state index in [9.17, 15) is 14.4 Å². The van der Waals surface area contributed by atoms with E-state index in [1.54, 1.807) is 0 Å². The quantitative estimate of drug-likeness (QED) is 0.0261. The van der Waals surface area contributed by atoms with Gasteiger partial charge in [0.05, 0.1) is 0 Å². The minimum atomic E-state index is -0.778. The molecule has 0 aliphatic rings. The zero-order valence-electron chi connectivity index (χ0n) is 55.5. The first-order valence-electron chi connectivity index (χ1n) is 37.0. The Labute approximate surface area is 512 Å². The molecule has 0 spiro atoms. The minimum absolute atomic E-state index is 0.0715. The Bertz CT molecular complexity index is 1370. The molecule has 6 heteroatoms. The van der Waals surface area contributed by atoms with Gasteiger partial charge in [-0.2, -0.15) is 0 Å². The van der Waals surface area contributed by atoms with E-state index in [4.69, 9.17) is 14.2 Å². The van der Waals surface area contributed by atoms with Gasteiger partial charge in [0.25, 0.3) is 0 Å². The van der Waals surface area contributed by atoms with Crippen molar-refractivity contribution >= 4 is 17.9 Å². The van der Waals surface area contributed by atoms with Gasteiger partial charge in [-0.05, 0) is 57.8 Å². The number of esters is 3. The molecule has 0 saturated carbocycles. The average molecular weight is 1150 g/mol. The van der Waals surface area contributed by atoms with E-state index in [1.807, 2.05) is 0 Å². The second-order valence-corrected chi connectivity index (χ2v) is 25.2. The second-order valence-electron chi connectivity index (χ2n) is 25.2. The summed E-state index contributed by atoms with van der Waals surface area (Å²) < 4.78 is 17.0. The predicted octanol–water partition coefficient (Wildman–Crippen LogP) is 25.5. The fraction of sp³-hybridized carbons (Fsp3) is 0.882. The van der Waals surface area contributed by atoms with Crippen molar-refractivity contribution in [3.8, 4) is 0 Å². The summed E-state index contributed by atoms with van der Waals surface area (Å²) in [6.07, 6.45) is 88.9. The molecule has 0 aromatic heterocycles. The van der Waals surface area contributed by atoms with Gasteiger partial charge in [-0.25, -0.2) is 0 Å². The summed E-state index contributed by atoms with van der Waals surface area (Å²) in [5, 5.41) is 0.